The van der Waals surface area contributed by atoms with Crippen LogP contribution in [0, 0.1) is 0 Å². The van der Waals surface area contributed by atoms with Gasteiger partial charge in [-0.2, -0.15) is 16.8 Å². The molecular weight excluding hydrogens is 753 g/mol. The highest BCUT2D eigenvalue weighted by atomic mass is 32.2. The molecule has 0 atom stereocenters. The van der Waals surface area contributed by atoms with Crippen LogP contribution in [0.2, 0.25) is 0 Å². The van der Waals surface area contributed by atoms with E-state index in [1.165, 1.54) is 60.7 Å². The number of aromatic hydroxyl groups is 1. The van der Waals surface area contributed by atoms with E-state index in [4.69, 9.17) is 20.3 Å². The van der Waals surface area contributed by atoms with E-state index in [-0.39, 0.29) is 63.8 Å². The van der Waals surface area contributed by atoms with Gasteiger partial charge in [-0.25, -0.2) is 4.79 Å². The Bertz CT molecular complexity index is 2510. The molecule has 19 nitrogen and oxygen atoms in total. The molecule has 5 rings (SSSR count). The van der Waals surface area contributed by atoms with Crippen molar-refractivity contribution < 1.29 is 60.6 Å². The van der Waals surface area contributed by atoms with Gasteiger partial charge in [0.1, 0.15) is 57.3 Å². The molecule has 282 valence electrons. The number of nitrogens with zero attached hydrogens (tertiary/aromatic N) is 4. The lowest BCUT2D eigenvalue weighted by Gasteiger charge is -2.13. The van der Waals surface area contributed by atoms with Crippen LogP contribution in [0.4, 0.5) is 39.8 Å². The number of carboxylic acid groups (broad SMARTS) is 1. The first-order valence-electron chi connectivity index (χ1n) is 15.3. The summed E-state index contributed by atoms with van der Waals surface area (Å²) in [5, 5.41) is 58.5. The Labute approximate surface area is 306 Å². The van der Waals surface area contributed by atoms with Crippen molar-refractivity contribution in [3.8, 4) is 17.2 Å². The predicted octanol–water partition coefficient (Wildman–Crippen LogP) is 5.64. The van der Waals surface area contributed by atoms with Crippen molar-refractivity contribution in [2.45, 2.75) is 9.79 Å². The second kappa shape index (κ2) is 16.2. The Balaban J connectivity index is 1.61. The van der Waals surface area contributed by atoms with Crippen LogP contribution in [0.5, 0.6) is 17.2 Å². The van der Waals surface area contributed by atoms with Crippen LogP contribution in [0.25, 0.3) is 10.8 Å². The average molecular weight is 783 g/mol. The fourth-order valence-electron chi connectivity index (χ4n) is 4.84. The summed E-state index contributed by atoms with van der Waals surface area (Å²) in [4.78, 5) is 9.74. The van der Waals surface area contributed by atoms with Crippen LogP contribution in [0.1, 0.15) is 10.4 Å². The minimum absolute atomic E-state index is 0.0134. The second-order valence-electron chi connectivity index (χ2n) is 11.0. The molecule has 0 radical (unpaired) electrons. The van der Waals surface area contributed by atoms with Gasteiger partial charge in [0, 0.05) is 34.6 Å². The molecule has 0 saturated carbocycles. The molecule has 0 aliphatic rings. The smallest absolute Gasteiger partial charge is 0.335 e. The number of carboxylic acids is 1. The molecule has 0 aliphatic heterocycles. The summed E-state index contributed by atoms with van der Waals surface area (Å²) >= 11 is 0. The summed E-state index contributed by atoms with van der Waals surface area (Å²) < 4.78 is 79.6. The van der Waals surface area contributed by atoms with Gasteiger partial charge in [-0.1, -0.05) is 6.07 Å². The van der Waals surface area contributed by atoms with Gasteiger partial charge in [0.05, 0.1) is 18.8 Å². The van der Waals surface area contributed by atoms with Crippen molar-refractivity contribution >= 4 is 76.8 Å². The number of ether oxygens (including phenoxy) is 2. The SMILES string of the molecule is Nc1ccc(N=Nc2cc(OCCO)c(N=Nc3c(S(=O)(=O)O)cc4ccc(Nc5ccc(C(=O)O)cc5)cc4c3O)cc2OCCO)c(S(=O)(=O)O)c1. The van der Waals surface area contributed by atoms with Crippen molar-refractivity contribution in [2.75, 3.05) is 37.5 Å². The Morgan fingerprint density at radius 1 is 0.685 bits per heavy atom. The highest BCUT2D eigenvalue weighted by molar-refractivity contribution is 7.86. The zero-order valence-corrected chi connectivity index (χ0v) is 29.2. The van der Waals surface area contributed by atoms with Gasteiger partial charge in [-0.05, 0) is 66.0 Å². The van der Waals surface area contributed by atoms with Gasteiger partial charge in [-0.3, -0.25) is 9.11 Å². The average Bonchev–Trinajstić information content (AvgIpc) is 3.12. The number of fused-ring (bicyclic) bond motifs is 1. The Morgan fingerprint density at radius 2 is 1.24 bits per heavy atom. The number of anilines is 3. The number of nitrogens with one attached hydrogen (secondary N) is 1. The molecule has 0 heterocycles. The lowest BCUT2D eigenvalue weighted by Crippen LogP contribution is -2.04. The number of phenolic OH excluding ortho intramolecular Hbond substituents is 1. The van der Waals surface area contributed by atoms with Crippen molar-refractivity contribution in [1.29, 1.82) is 0 Å². The Hall–Kier alpha value is -6.23. The normalized spacial score (nSPS) is 12.1. The number of aliphatic hydroxyl groups excluding tert-OH is 2. The first-order chi connectivity index (χ1) is 25.6. The molecule has 0 amide bonds. The highest BCUT2D eigenvalue weighted by Crippen LogP contribution is 2.45. The zero-order valence-electron chi connectivity index (χ0n) is 27.6. The molecule has 54 heavy (non-hydrogen) atoms. The van der Waals surface area contributed by atoms with Gasteiger partial charge in [0.15, 0.2) is 5.75 Å². The van der Waals surface area contributed by atoms with Crippen LogP contribution in [-0.4, -0.2) is 78.8 Å². The number of carbonyl (C=O) groups is 1. The fourth-order valence-corrected chi connectivity index (χ4v) is 6.16. The monoisotopic (exact) mass is 782 g/mol. The topological polar surface area (TPSA) is 313 Å². The quantitative estimate of drug-likeness (QED) is 0.0362. The summed E-state index contributed by atoms with van der Waals surface area (Å²) in [6.07, 6.45) is 0. The van der Waals surface area contributed by atoms with E-state index in [0.29, 0.717) is 11.4 Å². The van der Waals surface area contributed by atoms with Crippen molar-refractivity contribution in [1.82, 2.24) is 0 Å². The molecule has 0 saturated heterocycles. The third-order valence-electron chi connectivity index (χ3n) is 7.27. The minimum Gasteiger partial charge on any atom is -0.505 e. The second-order valence-corrected chi connectivity index (χ2v) is 13.8. The van der Waals surface area contributed by atoms with E-state index in [0.717, 1.165) is 12.1 Å². The summed E-state index contributed by atoms with van der Waals surface area (Å²) in [7, 11) is -9.79. The largest absolute Gasteiger partial charge is 0.505 e. The van der Waals surface area contributed by atoms with E-state index >= 15 is 0 Å². The standard InChI is InChI=1S/C33H30N6O13S2/c34-20-4-8-24(29(14-20)53(45,46)47)36-37-25-16-28(52-12-10-41)26(17-27(25)51-11-9-40)38-39-31-30(54(48,49)50)13-19-3-7-22(15-23(19)32(31)42)35-21-5-1-18(2-6-21)33(43)44/h1-8,13-17,35,40-42H,9-12,34H2,(H,43,44)(H,45,46,47)(H,48,49,50). The van der Waals surface area contributed by atoms with E-state index in [2.05, 4.69) is 25.8 Å². The third-order valence-corrected chi connectivity index (χ3v) is 9.02. The molecule has 5 aromatic rings. The van der Waals surface area contributed by atoms with Gasteiger partial charge in [0.2, 0.25) is 0 Å². The third kappa shape index (κ3) is 9.22. The fraction of sp³-hybridized carbons (Fsp3) is 0.121. The zero-order chi connectivity index (χ0) is 39.2. The van der Waals surface area contributed by atoms with E-state index in [1.54, 1.807) is 6.07 Å². The maximum Gasteiger partial charge on any atom is 0.335 e. The molecule has 0 fully saturated rings. The van der Waals surface area contributed by atoms with Crippen LogP contribution in [0.15, 0.2) is 109 Å². The number of nitrogen functional groups attached to an aromatic ring is 1. The van der Waals surface area contributed by atoms with Gasteiger partial charge < -0.3 is 41.0 Å². The number of phenols is 1. The van der Waals surface area contributed by atoms with E-state index < -0.39 is 60.6 Å². The molecule has 9 N–H and O–H groups in total. The van der Waals surface area contributed by atoms with E-state index in [1.807, 2.05) is 0 Å². The molecule has 5 aromatic carbocycles. The molecule has 0 aromatic heterocycles. The van der Waals surface area contributed by atoms with E-state index in [9.17, 15) is 46.1 Å². The van der Waals surface area contributed by atoms with Crippen LogP contribution in [-0.2, 0) is 20.2 Å². The number of nitrogens with two attached hydrogens (primary N) is 1. The lowest BCUT2D eigenvalue weighted by atomic mass is 10.1. The first kappa shape index (κ1) is 39.0. The molecule has 0 spiro atoms. The molecular formula is C33H30N6O13S2. The number of azo groups is 2. The molecule has 0 bridgehead atoms. The first-order valence-corrected chi connectivity index (χ1v) is 18.2. The van der Waals surface area contributed by atoms with Gasteiger partial charge >= 0.3 is 5.97 Å². The van der Waals surface area contributed by atoms with Crippen molar-refractivity contribution in [3.63, 3.8) is 0 Å². The molecule has 0 unspecified atom stereocenters. The van der Waals surface area contributed by atoms with Crippen LogP contribution >= 0.6 is 0 Å². The lowest BCUT2D eigenvalue weighted by molar-refractivity contribution is 0.0696. The van der Waals surface area contributed by atoms with Crippen LogP contribution < -0.4 is 20.5 Å². The minimum atomic E-state index is -5.01. The number of aliphatic hydroxyl groups is 2. The molecule has 0 aliphatic carbocycles. The van der Waals surface area contributed by atoms with Gasteiger partial charge in [0.25, 0.3) is 20.2 Å². The predicted molar refractivity (Wildman–Crippen MR) is 193 cm³/mol. The number of hydrogen-bond acceptors (Lipinski definition) is 16. The maximum absolute atomic E-state index is 12.5. The van der Waals surface area contributed by atoms with Crippen LogP contribution in [0.3, 0.4) is 0 Å². The summed E-state index contributed by atoms with van der Waals surface area (Å²) in [5.41, 5.74) is 5.33. The van der Waals surface area contributed by atoms with Gasteiger partial charge in [-0.15, -0.1) is 20.5 Å². The van der Waals surface area contributed by atoms with Crippen molar-refractivity contribution in [2.24, 2.45) is 20.5 Å². The molecule has 21 heteroatoms. The summed E-state index contributed by atoms with van der Waals surface area (Å²) in [6, 6.07) is 17.2. The summed E-state index contributed by atoms with van der Waals surface area (Å²) in [5.74, 6) is -2.10. The number of benzene rings is 5. The summed E-state index contributed by atoms with van der Waals surface area (Å²) in [6.45, 7) is -1.52. The Kier molecular flexibility index (Phi) is 11.7. The highest BCUT2D eigenvalue weighted by Gasteiger charge is 2.23. The Morgan fingerprint density at radius 3 is 1.80 bits per heavy atom. The number of aromatic carboxylic acids is 1. The van der Waals surface area contributed by atoms with Crippen molar-refractivity contribution in [3.05, 3.63) is 84.4 Å². The number of rotatable bonds is 15. The maximum atomic E-state index is 12.5. The number of hydrogen-bond donors (Lipinski definition) is 8.